The number of nitrogens with zero attached hydrogens (tertiary/aromatic N) is 2. The van der Waals surface area contributed by atoms with Gasteiger partial charge in [-0.2, -0.15) is 5.10 Å². The number of anilines is 1. The van der Waals surface area contributed by atoms with Gasteiger partial charge in [-0.05, 0) is 61.4 Å². The lowest BCUT2D eigenvalue weighted by Crippen LogP contribution is -2.25. The van der Waals surface area contributed by atoms with Gasteiger partial charge in [-0.1, -0.05) is 11.6 Å². The molecule has 0 unspecified atom stereocenters. The monoisotopic (exact) mass is 394 g/mol. The number of hydrogen-bond donors (Lipinski definition) is 2. The summed E-state index contributed by atoms with van der Waals surface area (Å²) < 4.78 is 0. The molecule has 2 aromatic carbocycles. The van der Waals surface area contributed by atoms with Crippen LogP contribution in [-0.2, 0) is 11.2 Å². The lowest BCUT2D eigenvalue weighted by atomic mass is 10.1. The molecule has 1 aromatic heterocycles. The van der Waals surface area contributed by atoms with Crippen LogP contribution in [0.2, 0.25) is 5.02 Å². The highest BCUT2D eigenvalue weighted by molar-refractivity contribution is 6.31. The summed E-state index contributed by atoms with van der Waals surface area (Å²) in [6, 6.07) is 12.6. The zero-order valence-electron chi connectivity index (χ0n) is 15.3. The number of halogens is 1. The molecule has 0 saturated heterocycles. The fraction of sp³-hybridized carbons (Fsp3) is 0.190. The second-order valence-electron chi connectivity index (χ2n) is 6.77. The molecule has 6 nitrogen and oxygen atoms in total. The number of nitrogens with one attached hydrogen (secondary N) is 2. The van der Waals surface area contributed by atoms with E-state index in [2.05, 4.69) is 15.4 Å². The van der Waals surface area contributed by atoms with Crippen LogP contribution in [0.1, 0.15) is 29.3 Å². The summed E-state index contributed by atoms with van der Waals surface area (Å²) in [7, 11) is 0. The molecule has 2 amide bonds. The molecule has 2 heterocycles. The van der Waals surface area contributed by atoms with Crippen molar-refractivity contribution in [3.05, 3.63) is 64.8 Å². The van der Waals surface area contributed by atoms with Crippen LogP contribution in [0, 0.1) is 0 Å². The molecule has 0 fully saturated rings. The fourth-order valence-electron chi connectivity index (χ4n) is 3.28. The van der Waals surface area contributed by atoms with Gasteiger partial charge in [0.1, 0.15) is 0 Å². The van der Waals surface area contributed by atoms with Crippen molar-refractivity contribution in [1.82, 2.24) is 10.3 Å². The van der Waals surface area contributed by atoms with Crippen molar-refractivity contribution in [1.29, 1.82) is 0 Å². The molecule has 0 aliphatic carbocycles. The average Bonchev–Trinajstić information content (AvgIpc) is 3.24. The fourth-order valence-corrected chi connectivity index (χ4v) is 3.45. The maximum absolute atomic E-state index is 12.4. The van der Waals surface area contributed by atoms with Crippen molar-refractivity contribution in [2.45, 2.75) is 19.8 Å². The van der Waals surface area contributed by atoms with E-state index in [4.69, 9.17) is 11.6 Å². The first-order chi connectivity index (χ1) is 13.5. The Morgan fingerprint density at radius 3 is 2.75 bits per heavy atom. The maximum Gasteiger partial charge on any atom is 0.253 e. The van der Waals surface area contributed by atoms with E-state index >= 15 is 0 Å². The Hall–Kier alpha value is -3.12. The Bertz CT molecular complexity index is 1090. The summed E-state index contributed by atoms with van der Waals surface area (Å²) in [5.74, 6) is -0.217. The molecule has 0 spiro atoms. The first kappa shape index (κ1) is 18.3. The molecule has 0 saturated carbocycles. The number of carbonyl (C=O) groups excluding carboxylic acids is 2. The minimum absolute atomic E-state index is 0.0615. The van der Waals surface area contributed by atoms with Crippen LogP contribution in [0.3, 0.4) is 0 Å². The van der Waals surface area contributed by atoms with Crippen molar-refractivity contribution in [3.8, 4) is 0 Å². The third kappa shape index (κ3) is 3.64. The molecule has 1 aliphatic rings. The van der Waals surface area contributed by atoms with Gasteiger partial charge in [-0.25, -0.2) is 5.01 Å². The van der Waals surface area contributed by atoms with Crippen molar-refractivity contribution >= 4 is 45.7 Å². The highest BCUT2D eigenvalue weighted by atomic mass is 35.5. The predicted octanol–water partition coefficient (Wildman–Crippen LogP) is 3.91. The highest BCUT2D eigenvalue weighted by Gasteiger charge is 2.22. The molecule has 1 aliphatic heterocycles. The number of aromatic nitrogens is 1. The lowest BCUT2D eigenvalue weighted by molar-refractivity contribution is -0.116. The van der Waals surface area contributed by atoms with E-state index in [9.17, 15) is 9.59 Å². The van der Waals surface area contributed by atoms with E-state index in [1.165, 1.54) is 5.01 Å². The lowest BCUT2D eigenvalue weighted by Gasteiger charge is -2.12. The number of aromatic amines is 1. The van der Waals surface area contributed by atoms with Crippen LogP contribution in [0.25, 0.3) is 10.9 Å². The standard InChI is InChI=1S/C21H19ClN4O2/c1-13-10-20(27)26(25-13)17-5-2-14(3-6-17)21(28)23-9-8-15-12-24-19-7-4-16(22)11-18(15)19/h2-7,11-12,24H,8-10H2,1H3,(H,23,28). The quantitative estimate of drug-likeness (QED) is 0.688. The number of benzene rings is 2. The van der Waals surface area contributed by atoms with Crippen molar-refractivity contribution in [3.63, 3.8) is 0 Å². The van der Waals surface area contributed by atoms with Crippen LogP contribution in [-0.4, -0.2) is 29.1 Å². The van der Waals surface area contributed by atoms with Crippen LogP contribution in [0.5, 0.6) is 0 Å². The molecule has 0 bridgehead atoms. The Morgan fingerprint density at radius 2 is 2.04 bits per heavy atom. The van der Waals surface area contributed by atoms with Crippen molar-refractivity contribution in [2.24, 2.45) is 5.10 Å². The summed E-state index contributed by atoms with van der Waals surface area (Å²) in [4.78, 5) is 27.5. The van der Waals surface area contributed by atoms with Gasteiger partial charge < -0.3 is 10.3 Å². The highest BCUT2D eigenvalue weighted by Crippen LogP contribution is 2.23. The van der Waals surface area contributed by atoms with Gasteiger partial charge in [0, 0.05) is 39.9 Å². The van der Waals surface area contributed by atoms with Crippen molar-refractivity contribution in [2.75, 3.05) is 11.6 Å². The van der Waals surface area contributed by atoms with Crippen LogP contribution >= 0.6 is 11.6 Å². The van der Waals surface area contributed by atoms with E-state index in [0.717, 1.165) is 22.2 Å². The van der Waals surface area contributed by atoms with E-state index in [1.54, 1.807) is 24.3 Å². The molecule has 4 rings (SSSR count). The summed E-state index contributed by atoms with van der Waals surface area (Å²) >= 11 is 6.07. The topological polar surface area (TPSA) is 77.6 Å². The number of amides is 2. The van der Waals surface area contributed by atoms with Crippen LogP contribution < -0.4 is 10.3 Å². The molecule has 28 heavy (non-hydrogen) atoms. The van der Waals surface area contributed by atoms with Gasteiger partial charge in [0.15, 0.2) is 0 Å². The average molecular weight is 395 g/mol. The summed E-state index contributed by atoms with van der Waals surface area (Å²) in [5.41, 5.74) is 4.11. The first-order valence-corrected chi connectivity index (χ1v) is 9.40. The Kier molecular flexibility index (Phi) is 4.88. The molecule has 3 aromatic rings. The van der Waals surface area contributed by atoms with Crippen LogP contribution in [0.4, 0.5) is 5.69 Å². The second kappa shape index (κ2) is 7.48. The minimum Gasteiger partial charge on any atom is -0.361 e. The molecular weight excluding hydrogens is 376 g/mol. The Balaban J connectivity index is 1.37. The predicted molar refractivity (Wildman–Crippen MR) is 111 cm³/mol. The molecular formula is C21H19ClN4O2. The largest absolute Gasteiger partial charge is 0.361 e. The number of carbonyl (C=O) groups is 2. The summed E-state index contributed by atoms with van der Waals surface area (Å²) in [5, 5.41) is 10.3. The van der Waals surface area contributed by atoms with E-state index in [1.807, 2.05) is 31.3 Å². The van der Waals surface area contributed by atoms with Gasteiger partial charge in [0.05, 0.1) is 12.1 Å². The number of hydrazone groups is 1. The number of H-pyrrole nitrogens is 1. The zero-order valence-corrected chi connectivity index (χ0v) is 16.1. The van der Waals surface area contributed by atoms with E-state index in [-0.39, 0.29) is 11.8 Å². The van der Waals surface area contributed by atoms with E-state index in [0.29, 0.717) is 35.7 Å². The zero-order chi connectivity index (χ0) is 19.7. The third-order valence-electron chi connectivity index (χ3n) is 4.70. The molecule has 2 N–H and O–H groups in total. The number of fused-ring (bicyclic) bond motifs is 1. The molecule has 0 radical (unpaired) electrons. The van der Waals surface area contributed by atoms with Crippen molar-refractivity contribution < 1.29 is 9.59 Å². The van der Waals surface area contributed by atoms with Crippen LogP contribution in [0.15, 0.2) is 53.8 Å². The number of hydrogen-bond acceptors (Lipinski definition) is 3. The van der Waals surface area contributed by atoms with Gasteiger partial charge in [-0.15, -0.1) is 0 Å². The van der Waals surface area contributed by atoms with E-state index < -0.39 is 0 Å². The smallest absolute Gasteiger partial charge is 0.253 e. The Morgan fingerprint density at radius 1 is 1.25 bits per heavy atom. The summed E-state index contributed by atoms with van der Waals surface area (Å²) in [6.45, 7) is 2.33. The second-order valence-corrected chi connectivity index (χ2v) is 7.21. The number of rotatable bonds is 5. The molecule has 7 heteroatoms. The SMILES string of the molecule is CC1=NN(c2ccc(C(=O)NCCc3c[nH]c4ccc(Cl)cc34)cc2)C(=O)C1. The van der Waals surface area contributed by atoms with Gasteiger partial charge in [-0.3, -0.25) is 9.59 Å². The molecule has 142 valence electrons. The molecule has 0 atom stereocenters. The van der Waals surface area contributed by atoms with Gasteiger partial charge in [0.2, 0.25) is 0 Å². The first-order valence-electron chi connectivity index (χ1n) is 9.02. The van der Waals surface area contributed by atoms with Gasteiger partial charge >= 0.3 is 0 Å². The maximum atomic E-state index is 12.4. The minimum atomic E-state index is -0.156. The summed E-state index contributed by atoms with van der Waals surface area (Å²) in [6.07, 6.45) is 2.97. The van der Waals surface area contributed by atoms with Gasteiger partial charge in [0.25, 0.3) is 11.8 Å². The Labute approximate surface area is 167 Å². The normalized spacial score (nSPS) is 13.9. The third-order valence-corrected chi connectivity index (χ3v) is 4.93.